The van der Waals surface area contributed by atoms with Gasteiger partial charge in [-0.15, -0.1) is 22.7 Å². The van der Waals surface area contributed by atoms with Gasteiger partial charge in [-0.1, -0.05) is 30.8 Å². The second-order valence-corrected chi connectivity index (χ2v) is 7.01. The zero-order chi connectivity index (χ0) is 15.2. The van der Waals surface area contributed by atoms with E-state index < -0.39 is 5.60 Å². The molecule has 0 saturated heterocycles. The lowest BCUT2D eigenvalue weighted by molar-refractivity contribution is 0.134. The molecular weight excluding hydrogens is 312 g/mol. The summed E-state index contributed by atoms with van der Waals surface area (Å²) in [6.45, 7) is 3.81. The fourth-order valence-corrected chi connectivity index (χ4v) is 4.51. The molecule has 0 aliphatic carbocycles. The van der Waals surface area contributed by atoms with Gasteiger partial charge in [-0.05, 0) is 30.3 Å². The van der Waals surface area contributed by atoms with Crippen LogP contribution in [0.1, 0.15) is 10.0 Å². The van der Waals surface area contributed by atoms with Crippen LogP contribution in [0.5, 0.6) is 0 Å². The number of rotatable bonds is 3. The SMILES string of the molecule is C=CC(O)(c1nc2ccccc2s1)c1nc2ccccc2s1. The molecule has 0 radical (unpaired) electrons. The molecule has 0 unspecified atom stereocenters. The van der Waals surface area contributed by atoms with Gasteiger partial charge in [0.05, 0.1) is 20.4 Å². The standard InChI is InChI=1S/C17H12N2OS2/c1-2-17(20,15-18-11-7-3-5-9-13(11)21-15)16-19-12-8-4-6-10-14(12)22-16/h2-10,20H,1H2. The molecule has 0 bridgehead atoms. The van der Waals surface area contributed by atoms with Gasteiger partial charge in [-0.25, -0.2) is 9.97 Å². The fourth-order valence-electron chi connectivity index (χ4n) is 2.34. The smallest absolute Gasteiger partial charge is 0.186 e. The Labute approximate surface area is 135 Å². The summed E-state index contributed by atoms with van der Waals surface area (Å²) >= 11 is 2.94. The van der Waals surface area contributed by atoms with Crippen LogP contribution in [0.15, 0.2) is 61.2 Å². The maximum Gasteiger partial charge on any atom is 0.186 e. The van der Waals surface area contributed by atoms with Gasteiger partial charge in [0.1, 0.15) is 10.0 Å². The Morgan fingerprint density at radius 1 is 0.864 bits per heavy atom. The van der Waals surface area contributed by atoms with Crippen LogP contribution in [0.4, 0.5) is 0 Å². The minimum atomic E-state index is -1.35. The van der Waals surface area contributed by atoms with Gasteiger partial charge in [0.25, 0.3) is 0 Å². The highest BCUT2D eigenvalue weighted by molar-refractivity contribution is 7.20. The summed E-state index contributed by atoms with van der Waals surface area (Å²) in [4.78, 5) is 9.13. The molecule has 2 aromatic carbocycles. The van der Waals surface area contributed by atoms with Gasteiger partial charge in [-0.3, -0.25) is 0 Å². The van der Waals surface area contributed by atoms with Crippen molar-refractivity contribution in [3.05, 3.63) is 71.2 Å². The average molecular weight is 324 g/mol. The Bertz CT molecular complexity index is 846. The lowest BCUT2D eigenvalue weighted by atomic mass is 10.1. The number of thiazole rings is 2. The largest absolute Gasteiger partial charge is 0.372 e. The van der Waals surface area contributed by atoms with Crippen molar-refractivity contribution in [2.45, 2.75) is 5.60 Å². The number of aliphatic hydroxyl groups is 1. The van der Waals surface area contributed by atoms with E-state index in [0.717, 1.165) is 20.4 Å². The van der Waals surface area contributed by atoms with E-state index >= 15 is 0 Å². The number of fused-ring (bicyclic) bond motifs is 2. The molecule has 108 valence electrons. The van der Waals surface area contributed by atoms with E-state index in [0.29, 0.717) is 10.0 Å². The Hall–Kier alpha value is -2.08. The molecule has 5 heteroatoms. The predicted octanol–water partition coefficient (Wildman–Crippen LogP) is 4.33. The third-order valence-electron chi connectivity index (χ3n) is 3.54. The molecule has 0 amide bonds. The Morgan fingerprint density at radius 2 is 1.32 bits per heavy atom. The van der Waals surface area contributed by atoms with E-state index in [-0.39, 0.29) is 0 Å². The quantitative estimate of drug-likeness (QED) is 0.571. The number of aromatic nitrogens is 2. The molecule has 0 saturated carbocycles. The van der Waals surface area contributed by atoms with E-state index in [2.05, 4.69) is 16.5 Å². The summed E-state index contributed by atoms with van der Waals surface area (Å²) in [7, 11) is 0. The Kier molecular flexibility index (Phi) is 3.07. The first-order chi connectivity index (χ1) is 10.7. The second kappa shape index (κ2) is 4.98. The minimum absolute atomic E-state index is 0.600. The van der Waals surface area contributed by atoms with Gasteiger partial charge in [-0.2, -0.15) is 0 Å². The highest BCUT2D eigenvalue weighted by atomic mass is 32.1. The van der Waals surface area contributed by atoms with Crippen molar-refractivity contribution >= 4 is 43.1 Å². The molecule has 2 aromatic heterocycles. The number of para-hydroxylation sites is 2. The Morgan fingerprint density at radius 3 is 1.73 bits per heavy atom. The van der Waals surface area contributed by atoms with Gasteiger partial charge < -0.3 is 5.11 Å². The highest BCUT2D eigenvalue weighted by Gasteiger charge is 2.35. The zero-order valence-electron chi connectivity index (χ0n) is 11.6. The van der Waals surface area contributed by atoms with Crippen LogP contribution in [0.2, 0.25) is 0 Å². The van der Waals surface area contributed by atoms with Crippen molar-refractivity contribution in [1.82, 2.24) is 9.97 Å². The molecule has 0 spiro atoms. The maximum atomic E-state index is 11.1. The van der Waals surface area contributed by atoms with E-state index in [4.69, 9.17) is 0 Å². The fraction of sp³-hybridized carbons (Fsp3) is 0.0588. The van der Waals surface area contributed by atoms with Crippen molar-refractivity contribution in [2.24, 2.45) is 0 Å². The monoisotopic (exact) mass is 324 g/mol. The van der Waals surface area contributed by atoms with Crippen molar-refractivity contribution in [1.29, 1.82) is 0 Å². The normalized spacial score (nSPS) is 12.0. The van der Waals surface area contributed by atoms with Gasteiger partial charge in [0.2, 0.25) is 0 Å². The number of nitrogens with zero attached hydrogens (tertiary/aromatic N) is 2. The molecule has 4 rings (SSSR count). The van der Waals surface area contributed by atoms with Crippen molar-refractivity contribution in [2.75, 3.05) is 0 Å². The van der Waals surface area contributed by atoms with Crippen LogP contribution >= 0.6 is 22.7 Å². The molecule has 0 aliphatic rings. The predicted molar refractivity (Wildman–Crippen MR) is 92.4 cm³/mol. The lowest BCUT2D eigenvalue weighted by Crippen LogP contribution is -2.23. The molecule has 0 atom stereocenters. The van der Waals surface area contributed by atoms with Crippen LogP contribution in [0.25, 0.3) is 20.4 Å². The molecule has 4 aromatic rings. The lowest BCUT2D eigenvalue weighted by Gasteiger charge is -2.18. The van der Waals surface area contributed by atoms with Crippen LogP contribution in [-0.2, 0) is 5.60 Å². The molecule has 0 aliphatic heterocycles. The van der Waals surface area contributed by atoms with Crippen LogP contribution in [-0.4, -0.2) is 15.1 Å². The highest BCUT2D eigenvalue weighted by Crippen LogP contribution is 2.39. The van der Waals surface area contributed by atoms with Crippen molar-refractivity contribution < 1.29 is 5.11 Å². The van der Waals surface area contributed by atoms with Gasteiger partial charge in [0.15, 0.2) is 5.60 Å². The van der Waals surface area contributed by atoms with E-state index in [1.54, 1.807) is 0 Å². The van der Waals surface area contributed by atoms with Crippen molar-refractivity contribution in [3.63, 3.8) is 0 Å². The first-order valence-corrected chi connectivity index (χ1v) is 8.42. The maximum absolute atomic E-state index is 11.1. The molecule has 22 heavy (non-hydrogen) atoms. The summed E-state index contributed by atoms with van der Waals surface area (Å²) < 4.78 is 2.08. The zero-order valence-corrected chi connectivity index (χ0v) is 13.2. The summed E-state index contributed by atoms with van der Waals surface area (Å²) in [5.41, 5.74) is 0.403. The average Bonchev–Trinajstić information content (AvgIpc) is 3.18. The number of hydrogen-bond donors (Lipinski definition) is 1. The molecule has 2 heterocycles. The summed E-state index contributed by atoms with van der Waals surface area (Å²) in [6.07, 6.45) is 1.52. The summed E-state index contributed by atoms with van der Waals surface area (Å²) in [5.74, 6) is 0. The van der Waals surface area contributed by atoms with Crippen LogP contribution in [0, 0.1) is 0 Å². The van der Waals surface area contributed by atoms with Gasteiger partial charge in [0, 0.05) is 0 Å². The summed E-state index contributed by atoms with van der Waals surface area (Å²) in [5, 5.41) is 12.3. The molecule has 0 fully saturated rings. The third kappa shape index (κ3) is 1.98. The van der Waals surface area contributed by atoms with E-state index in [1.165, 1.54) is 28.7 Å². The number of benzene rings is 2. The van der Waals surface area contributed by atoms with Crippen LogP contribution < -0.4 is 0 Å². The second-order valence-electron chi connectivity index (χ2n) is 4.94. The third-order valence-corrected chi connectivity index (χ3v) is 5.86. The minimum Gasteiger partial charge on any atom is -0.372 e. The first kappa shape index (κ1) is 13.6. The van der Waals surface area contributed by atoms with Crippen LogP contribution in [0.3, 0.4) is 0 Å². The van der Waals surface area contributed by atoms with Crippen molar-refractivity contribution in [3.8, 4) is 0 Å². The molecule has 1 N–H and O–H groups in total. The van der Waals surface area contributed by atoms with Gasteiger partial charge >= 0.3 is 0 Å². The molecular formula is C17H12N2OS2. The Balaban J connectivity index is 1.92. The number of hydrogen-bond acceptors (Lipinski definition) is 5. The first-order valence-electron chi connectivity index (χ1n) is 6.79. The molecule has 3 nitrogen and oxygen atoms in total. The van der Waals surface area contributed by atoms with E-state index in [9.17, 15) is 5.11 Å². The topological polar surface area (TPSA) is 46.0 Å². The van der Waals surface area contributed by atoms with E-state index in [1.807, 2.05) is 48.5 Å². The summed E-state index contributed by atoms with van der Waals surface area (Å²) in [6, 6.07) is 15.7.